The van der Waals surface area contributed by atoms with Crippen LogP contribution in [0.5, 0.6) is 0 Å². The fourth-order valence-corrected chi connectivity index (χ4v) is 3.67. The summed E-state index contributed by atoms with van der Waals surface area (Å²) in [5.41, 5.74) is 5.45. The molecule has 0 aromatic heterocycles. The maximum absolute atomic E-state index is 11.4. The van der Waals surface area contributed by atoms with Crippen LogP contribution >= 0.6 is 0 Å². The van der Waals surface area contributed by atoms with Gasteiger partial charge >= 0.3 is 0 Å². The van der Waals surface area contributed by atoms with Gasteiger partial charge in [-0.3, -0.25) is 9.69 Å². The minimum Gasteiger partial charge on any atom is -0.393 e. The molecule has 4 unspecified atom stereocenters. The van der Waals surface area contributed by atoms with E-state index in [4.69, 9.17) is 5.73 Å². The number of piperidine rings is 1. The van der Waals surface area contributed by atoms with Gasteiger partial charge in [0.25, 0.3) is 0 Å². The summed E-state index contributed by atoms with van der Waals surface area (Å²) in [5, 5.41) is 10.2. The molecule has 2 aliphatic rings. The second-order valence-electron chi connectivity index (χ2n) is 5.89. The van der Waals surface area contributed by atoms with Gasteiger partial charge in [0.1, 0.15) is 0 Å². The number of carbonyl (C=O) groups is 1. The molecule has 0 spiro atoms. The van der Waals surface area contributed by atoms with E-state index >= 15 is 0 Å². The number of aliphatic hydroxyl groups is 1. The van der Waals surface area contributed by atoms with Crippen molar-refractivity contribution in [2.75, 3.05) is 6.54 Å². The van der Waals surface area contributed by atoms with Crippen LogP contribution in [0, 0.1) is 5.92 Å². The Morgan fingerprint density at radius 1 is 1.22 bits per heavy atom. The average Bonchev–Trinajstić information content (AvgIpc) is 2.38. The monoisotopic (exact) mass is 254 g/mol. The molecule has 104 valence electrons. The standard InChI is InChI=1S/C14H26N2O2/c1-10(14(15)18)16-9-5-4-7-12(16)11-6-2-3-8-13(11)17/h10-13,17H,2-9H2,1H3,(H2,15,18). The van der Waals surface area contributed by atoms with Crippen LogP contribution in [0.15, 0.2) is 0 Å². The third kappa shape index (κ3) is 2.86. The Kier molecular flexibility index (Phi) is 4.62. The lowest BCUT2D eigenvalue weighted by molar-refractivity contribution is -0.125. The molecule has 1 saturated carbocycles. The van der Waals surface area contributed by atoms with E-state index in [-0.39, 0.29) is 18.1 Å². The van der Waals surface area contributed by atoms with Crippen molar-refractivity contribution in [2.45, 2.75) is 70.1 Å². The molecule has 0 aromatic rings. The summed E-state index contributed by atoms with van der Waals surface area (Å²) in [6.45, 7) is 2.84. The third-order valence-electron chi connectivity index (χ3n) is 4.78. The Morgan fingerprint density at radius 2 is 1.89 bits per heavy atom. The van der Waals surface area contributed by atoms with Crippen molar-refractivity contribution in [1.82, 2.24) is 4.90 Å². The second kappa shape index (κ2) is 6.02. The Morgan fingerprint density at radius 3 is 2.56 bits per heavy atom. The summed E-state index contributed by atoms with van der Waals surface area (Å²) in [6.07, 6.45) is 7.59. The van der Waals surface area contributed by atoms with Crippen LogP contribution in [0.2, 0.25) is 0 Å². The van der Waals surface area contributed by atoms with Crippen LogP contribution in [0.1, 0.15) is 51.9 Å². The highest BCUT2D eigenvalue weighted by Gasteiger charge is 2.38. The number of likely N-dealkylation sites (tertiary alicyclic amines) is 1. The van der Waals surface area contributed by atoms with Crippen LogP contribution in [0.25, 0.3) is 0 Å². The maximum Gasteiger partial charge on any atom is 0.234 e. The van der Waals surface area contributed by atoms with Crippen LogP contribution in [0.4, 0.5) is 0 Å². The molecule has 1 saturated heterocycles. The molecule has 1 amide bonds. The van der Waals surface area contributed by atoms with Crippen molar-refractivity contribution < 1.29 is 9.90 Å². The predicted octanol–water partition coefficient (Wildman–Crippen LogP) is 1.27. The molecule has 1 aliphatic heterocycles. The van der Waals surface area contributed by atoms with Crippen molar-refractivity contribution >= 4 is 5.91 Å². The molecule has 3 N–H and O–H groups in total. The fourth-order valence-electron chi connectivity index (χ4n) is 3.67. The second-order valence-corrected chi connectivity index (χ2v) is 5.89. The van der Waals surface area contributed by atoms with Gasteiger partial charge in [-0.05, 0) is 39.2 Å². The van der Waals surface area contributed by atoms with E-state index in [1.807, 2.05) is 6.92 Å². The molecule has 0 aromatic carbocycles. The summed E-state index contributed by atoms with van der Waals surface area (Å²) in [4.78, 5) is 13.7. The zero-order valence-electron chi connectivity index (χ0n) is 11.3. The topological polar surface area (TPSA) is 66.6 Å². The third-order valence-corrected chi connectivity index (χ3v) is 4.78. The molecule has 18 heavy (non-hydrogen) atoms. The molecule has 1 heterocycles. The number of nitrogens with zero attached hydrogens (tertiary/aromatic N) is 1. The zero-order chi connectivity index (χ0) is 13.1. The van der Waals surface area contributed by atoms with E-state index in [2.05, 4.69) is 4.90 Å². The van der Waals surface area contributed by atoms with Crippen LogP contribution in [-0.2, 0) is 4.79 Å². The first-order valence-corrected chi connectivity index (χ1v) is 7.34. The predicted molar refractivity (Wildman–Crippen MR) is 71.0 cm³/mol. The summed E-state index contributed by atoms with van der Waals surface area (Å²) >= 11 is 0. The molecule has 2 fully saturated rings. The summed E-state index contributed by atoms with van der Waals surface area (Å²) < 4.78 is 0. The zero-order valence-corrected chi connectivity index (χ0v) is 11.3. The van der Waals surface area contributed by atoms with Crippen molar-refractivity contribution in [1.29, 1.82) is 0 Å². The molecule has 4 atom stereocenters. The van der Waals surface area contributed by atoms with Crippen molar-refractivity contribution in [3.63, 3.8) is 0 Å². The van der Waals surface area contributed by atoms with Gasteiger partial charge in [0.15, 0.2) is 0 Å². The van der Waals surface area contributed by atoms with Crippen LogP contribution < -0.4 is 5.73 Å². The number of rotatable bonds is 3. The highest BCUT2D eigenvalue weighted by atomic mass is 16.3. The molecule has 4 heteroatoms. The Labute approximate surface area is 110 Å². The van der Waals surface area contributed by atoms with E-state index in [1.54, 1.807) is 0 Å². The molecular weight excluding hydrogens is 228 g/mol. The normalized spacial score (nSPS) is 36.2. The first-order chi connectivity index (χ1) is 8.61. The number of amides is 1. The number of hydrogen-bond acceptors (Lipinski definition) is 3. The van der Waals surface area contributed by atoms with Crippen molar-refractivity contribution in [2.24, 2.45) is 11.7 Å². The average molecular weight is 254 g/mol. The molecule has 1 aliphatic carbocycles. The number of aliphatic hydroxyl groups excluding tert-OH is 1. The van der Waals surface area contributed by atoms with Crippen molar-refractivity contribution in [3.8, 4) is 0 Å². The molecule has 0 radical (unpaired) electrons. The summed E-state index contributed by atoms with van der Waals surface area (Å²) in [5.74, 6) is 0.0908. The van der Waals surface area contributed by atoms with E-state index in [1.165, 1.54) is 12.8 Å². The number of primary amides is 1. The van der Waals surface area contributed by atoms with Gasteiger partial charge in [-0.2, -0.15) is 0 Å². The number of hydrogen-bond donors (Lipinski definition) is 2. The summed E-state index contributed by atoms with van der Waals surface area (Å²) in [7, 11) is 0. The van der Waals surface area contributed by atoms with Gasteiger partial charge in [0.05, 0.1) is 12.1 Å². The minimum atomic E-state index is -0.243. The largest absolute Gasteiger partial charge is 0.393 e. The molecular formula is C14H26N2O2. The van der Waals surface area contributed by atoms with E-state index in [0.29, 0.717) is 12.0 Å². The van der Waals surface area contributed by atoms with Crippen LogP contribution in [0.3, 0.4) is 0 Å². The molecule has 2 rings (SSSR count). The van der Waals surface area contributed by atoms with E-state index in [0.717, 1.165) is 38.6 Å². The quantitative estimate of drug-likeness (QED) is 0.797. The lowest BCUT2D eigenvalue weighted by Crippen LogP contribution is -2.55. The SMILES string of the molecule is CC(C(N)=O)N1CCCCC1C1CCCCC1O. The smallest absolute Gasteiger partial charge is 0.234 e. The Hall–Kier alpha value is -0.610. The number of carbonyl (C=O) groups excluding carboxylic acids is 1. The highest BCUT2D eigenvalue weighted by Crippen LogP contribution is 2.34. The lowest BCUT2D eigenvalue weighted by atomic mass is 9.77. The van der Waals surface area contributed by atoms with E-state index < -0.39 is 0 Å². The summed E-state index contributed by atoms with van der Waals surface area (Å²) in [6, 6.07) is 0.140. The first kappa shape index (κ1) is 13.8. The lowest BCUT2D eigenvalue weighted by Gasteiger charge is -2.45. The Balaban J connectivity index is 2.09. The van der Waals surface area contributed by atoms with Crippen molar-refractivity contribution in [3.05, 3.63) is 0 Å². The van der Waals surface area contributed by atoms with Gasteiger partial charge in [-0.1, -0.05) is 19.3 Å². The van der Waals surface area contributed by atoms with Gasteiger partial charge in [0.2, 0.25) is 5.91 Å². The van der Waals surface area contributed by atoms with Gasteiger partial charge in [-0.25, -0.2) is 0 Å². The molecule has 0 bridgehead atoms. The first-order valence-electron chi connectivity index (χ1n) is 7.34. The highest BCUT2D eigenvalue weighted by molar-refractivity contribution is 5.79. The molecule has 4 nitrogen and oxygen atoms in total. The van der Waals surface area contributed by atoms with Gasteiger partial charge < -0.3 is 10.8 Å². The fraction of sp³-hybridized carbons (Fsp3) is 0.929. The maximum atomic E-state index is 11.4. The minimum absolute atomic E-state index is 0.190. The number of nitrogens with two attached hydrogens (primary N) is 1. The van der Waals surface area contributed by atoms with Gasteiger partial charge in [-0.15, -0.1) is 0 Å². The van der Waals surface area contributed by atoms with E-state index in [9.17, 15) is 9.90 Å². The Bertz CT molecular complexity index is 296. The van der Waals surface area contributed by atoms with Crippen LogP contribution in [-0.4, -0.2) is 40.6 Å². The van der Waals surface area contributed by atoms with Gasteiger partial charge in [0, 0.05) is 12.0 Å².